The Bertz CT molecular complexity index is 707. The van der Waals surface area contributed by atoms with Gasteiger partial charge in [-0.3, -0.25) is 4.68 Å². The molecule has 0 radical (unpaired) electrons. The van der Waals surface area contributed by atoms with Crippen molar-refractivity contribution in [1.82, 2.24) is 23.8 Å². The molecule has 0 saturated carbocycles. The van der Waals surface area contributed by atoms with E-state index in [1.165, 1.54) is 11.7 Å². The molecule has 0 fully saturated rings. The van der Waals surface area contributed by atoms with Crippen LogP contribution in [-0.2, 0) is 13.6 Å². The molecule has 3 rings (SSSR count). The molecule has 2 heterocycles. The normalized spacial score (nSPS) is 12.9. The number of aromatic nitrogens is 4. The molecule has 20 heavy (non-hydrogen) atoms. The maximum absolute atomic E-state index is 10.0. The summed E-state index contributed by atoms with van der Waals surface area (Å²) >= 11 is 1.22. The van der Waals surface area contributed by atoms with Gasteiger partial charge in [-0.2, -0.15) is 13.8 Å². The maximum Gasteiger partial charge on any atom is 0.109 e. The zero-order chi connectivity index (χ0) is 13.9. The third-order valence-electron chi connectivity index (χ3n) is 3.13. The van der Waals surface area contributed by atoms with Crippen molar-refractivity contribution in [2.75, 3.05) is 6.54 Å². The fourth-order valence-corrected chi connectivity index (χ4v) is 2.65. The van der Waals surface area contributed by atoms with Gasteiger partial charge in [0.05, 0.1) is 24.0 Å². The van der Waals surface area contributed by atoms with E-state index in [9.17, 15) is 5.11 Å². The topological polar surface area (TPSA) is 75.9 Å². The summed E-state index contributed by atoms with van der Waals surface area (Å²) in [6, 6.07) is 5.94. The van der Waals surface area contributed by atoms with Crippen LogP contribution in [0.1, 0.15) is 17.2 Å². The Labute approximate surface area is 120 Å². The van der Waals surface area contributed by atoms with Gasteiger partial charge in [0.1, 0.15) is 11.0 Å². The van der Waals surface area contributed by atoms with Gasteiger partial charge in [0.25, 0.3) is 0 Å². The van der Waals surface area contributed by atoms with Crippen LogP contribution < -0.4 is 5.32 Å². The van der Waals surface area contributed by atoms with Crippen LogP contribution in [-0.4, -0.2) is 30.2 Å². The van der Waals surface area contributed by atoms with Crippen LogP contribution in [0.25, 0.3) is 11.0 Å². The van der Waals surface area contributed by atoms with Crippen LogP contribution in [0, 0.1) is 0 Å². The predicted octanol–water partition coefficient (Wildman–Crippen LogP) is 1.25. The minimum Gasteiger partial charge on any atom is -0.387 e. The van der Waals surface area contributed by atoms with E-state index in [1.54, 1.807) is 10.9 Å². The highest BCUT2D eigenvalue weighted by atomic mass is 32.1. The monoisotopic (exact) mass is 289 g/mol. The Kier molecular flexibility index (Phi) is 3.72. The highest BCUT2D eigenvalue weighted by Gasteiger charge is 2.10. The number of aliphatic hydroxyl groups is 1. The summed E-state index contributed by atoms with van der Waals surface area (Å²) in [6.07, 6.45) is 2.94. The van der Waals surface area contributed by atoms with Gasteiger partial charge in [-0.15, -0.1) is 0 Å². The van der Waals surface area contributed by atoms with Gasteiger partial charge in [0.15, 0.2) is 0 Å². The number of hydrogen-bond acceptors (Lipinski definition) is 6. The number of aryl methyl sites for hydroxylation is 1. The Morgan fingerprint density at radius 2 is 2.30 bits per heavy atom. The lowest BCUT2D eigenvalue weighted by molar-refractivity contribution is 0.174. The smallest absolute Gasteiger partial charge is 0.109 e. The summed E-state index contributed by atoms with van der Waals surface area (Å²) in [4.78, 5) is 0. The molecule has 3 aromatic rings. The van der Waals surface area contributed by atoms with Gasteiger partial charge in [-0.1, -0.05) is 12.1 Å². The standard InChI is InChI=1S/C13H15N5OS/c1-18-8-10(6-15-18)12(19)7-14-5-9-3-2-4-11-13(9)17-20-16-11/h2-4,6,8,12,14,19H,5,7H2,1H3. The Morgan fingerprint density at radius 3 is 3.10 bits per heavy atom. The zero-order valence-corrected chi connectivity index (χ0v) is 11.8. The predicted molar refractivity (Wildman–Crippen MR) is 77.3 cm³/mol. The third kappa shape index (κ3) is 2.69. The van der Waals surface area contributed by atoms with E-state index in [0.717, 1.165) is 22.2 Å². The van der Waals surface area contributed by atoms with Crippen LogP contribution in [0.3, 0.4) is 0 Å². The lowest BCUT2D eigenvalue weighted by Crippen LogP contribution is -2.21. The van der Waals surface area contributed by atoms with E-state index in [2.05, 4.69) is 19.2 Å². The van der Waals surface area contributed by atoms with Gasteiger partial charge in [0.2, 0.25) is 0 Å². The molecule has 0 aliphatic rings. The van der Waals surface area contributed by atoms with Crippen LogP contribution in [0.2, 0.25) is 0 Å². The average Bonchev–Trinajstić information content (AvgIpc) is 3.07. The number of nitrogens with one attached hydrogen (secondary N) is 1. The molecule has 2 aromatic heterocycles. The van der Waals surface area contributed by atoms with E-state index in [-0.39, 0.29) is 0 Å². The van der Waals surface area contributed by atoms with Gasteiger partial charge in [-0.05, 0) is 11.6 Å². The summed E-state index contributed by atoms with van der Waals surface area (Å²) in [5.41, 5.74) is 3.76. The number of fused-ring (bicyclic) bond motifs is 1. The summed E-state index contributed by atoms with van der Waals surface area (Å²) in [6.45, 7) is 1.12. The summed E-state index contributed by atoms with van der Waals surface area (Å²) in [5.74, 6) is 0. The number of rotatable bonds is 5. The molecule has 0 bridgehead atoms. The number of hydrogen-bond donors (Lipinski definition) is 2. The molecule has 1 aromatic carbocycles. The molecule has 0 aliphatic heterocycles. The molecule has 0 spiro atoms. The average molecular weight is 289 g/mol. The van der Waals surface area contributed by atoms with Gasteiger partial charge < -0.3 is 10.4 Å². The molecule has 7 heteroatoms. The molecule has 6 nitrogen and oxygen atoms in total. The molecule has 1 atom stereocenters. The van der Waals surface area contributed by atoms with Crippen LogP contribution in [0.5, 0.6) is 0 Å². The molecule has 104 valence electrons. The first-order valence-corrected chi connectivity index (χ1v) is 7.04. The second-order valence-corrected chi connectivity index (χ2v) is 5.17. The molecular formula is C13H15N5OS. The van der Waals surface area contributed by atoms with Crippen molar-refractivity contribution in [3.63, 3.8) is 0 Å². The van der Waals surface area contributed by atoms with Crippen molar-refractivity contribution in [2.45, 2.75) is 12.6 Å². The SMILES string of the molecule is Cn1cc(C(O)CNCc2cccc3nsnc23)cn1. The third-order valence-corrected chi connectivity index (χ3v) is 3.67. The highest BCUT2D eigenvalue weighted by molar-refractivity contribution is 7.00. The maximum atomic E-state index is 10.0. The quantitative estimate of drug-likeness (QED) is 0.739. The largest absolute Gasteiger partial charge is 0.387 e. The number of benzene rings is 1. The molecule has 0 saturated heterocycles. The first kappa shape index (κ1) is 13.2. The van der Waals surface area contributed by atoms with Crippen molar-refractivity contribution < 1.29 is 5.11 Å². The summed E-state index contributed by atoms with van der Waals surface area (Å²) in [7, 11) is 1.83. The van der Waals surface area contributed by atoms with Gasteiger partial charge >= 0.3 is 0 Å². The lowest BCUT2D eigenvalue weighted by atomic mass is 10.1. The summed E-state index contributed by atoms with van der Waals surface area (Å²) in [5, 5.41) is 17.3. The number of nitrogens with zero attached hydrogens (tertiary/aromatic N) is 4. The highest BCUT2D eigenvalue weighted by Crippen LogP contribution is 2.16. The van der Waals surface area contributed by atoms with Crippen molar-refractivity contribution in [2.24, 2.45) is 7.05 Å². The van der Waals surface area contributed by atoms with Gasteiger partial charge in [0, 0.05) is 31.9 Å². The van der Waals surface area contributed by atoms with Crippen molar-refractivity contribution >= 4 is 22.8 Å². The van der Waals surface area contributed by atoms with Crippen LogP contribution in [0.15, 0.2) is 30.6 Å². The second-order valence-electron chi connectivity index (χ2n) is 4.64. The fourth-order valence-electron chi connectivity index (χ4n) is 2.08. The van der Waals surface area contributed by atoms with Crippen LogP contribution in [0.4, 0.5) is 0 Å². The Morgan fingerprint density at radius 1 is 1.40 bits per heavy atom. The van der Waals surface area contributed by atoms with Gasteiger partial charge in [-0.25, -0.2) is 0 Å². The first-order valence-electron chi connectivity index (χ1n) is 6.31. The van der Waals surface area contributed by atoms with E-state index in [4.69, 9.17) is 0 Å². The second kappa shape index (κ2) is 5.66. The minimum absolute atomic E-state index is 0.472. The minimum atomic E-state index is -0.559. The lowest BCUT2D eigenvalue weighted by Gasteiger charge is -2.10. The van der Waals surface area contributed by atoms with E-state index in [1.807, 2.05) is 31.4 Å². The first-order chi connectivity index (χ1) is 9.74. The molecule has 0 amide bonds. The molecule has 0 aliphatic carbocycles. The molecule has 1 unspecified atom stereocenters. The van der Waals surface area contributed by atoms with Crippen molar-refractivity contribution in [3.8, 4) is 0 Å². The zero-order valence-electron chi connectivity index (χ0n) is 11.0. The van der Waals surface area contributed by atoms with E-state index >= 15 is 0 Å². The van der Waals surface area contributed by atoms with Crippen molar-refractivity contribution in [3.05, 3.63) is 41.7 Å². The Balaban J connectivity index is 1.61. The van der Waals surface area contributed by atoms with E-state index in [0.29, 0.717) is 13.1 Å². The molecule has 2 N–H and O–H groups in total. The van der Waals surface area contributed by atoms with E-state index < -0.39 is 6.10 Å². The fraction of sp³-hybridized carbons (Fsp3) is 0.308. The number of aliphatic hydroxyl groups excluding tert-OH is 1. The molecular weight excluding hydrogens is 274 g/mol. The van der Waals surface area contributed by atoms with Crippen molar-refractivity contribution in [1.29, 1.82) is 0 Å². The summed E-state index contributed by atoms with van der Waals surface area (Å²) < 4.78 is 10.2. The Hall–Kier alpha value is -1.83. The van der Waals surface area contributed by atoms with Crippen LogP contribution >= 0.6 is 11.7 Å².